The van der Waals surface area contributed by atoms with Gasteiger partial charge in [0, 0.05) is 23.6 Å². The van der Waals surface area contributed by atoms with E-state index in [0.717, 1.165) is 18.2 Å². The lowest BCUT2D eigenvalue weighted by molar-refractivity contribution is 0.415. The fourth-order valence-corrected chi connectivity index (χ4v) is 2.17. The van der Waals surface area contributed by atoms with Gasteiger partial charge < -0.3 is 9.30 Å². The second kappa shape index (κ2) is 5.26. The van der Waals surface area contributed by atoms with Crippen molar-refractivity contribution in [3.63, 3.8) is 0 Å². The average Bonchev–Trinajstić information content (AvgIpc) is 2.71. The van der Waals surface area contributed by atoms with E-state index >= 15 is 0 Å². The Morgan fingerprint density at radius 3 is 2.76 bits per heavy atom. The smallest absolute Gasteiger partial charge is 0.119 e. The van der Waals surface area contributed by atoms with Crippen LogP contribution < -0.4 is 4.74 Å². The monoisotopic (exact) mass is 231 g/mol. The van der Waals surface area contributed by atoms with Crippen LogP contribution in [0.15, 0.2) is 30.5 Å². The maximum Gasteiger partial charge on any atom is 0.119 e. The van der Waals surface area contributed by atoms with Crippen LogP contribution in [0.5, 0.6) is 5.75 Å². The molecular weight excluding hydrogens is 210 g/mol. The van der Waals surface area contributed by atoms with Crippen LogP contribution in [0.4, 0.5) is 0 Å². The molecule has 0 atom stereocenters. The van der Waals surface area contributed by atoms with Gasteiger partial charge in [-0.25, -0.2) is 0 Å². The molecule has 0 fully saturated rings. The van der Waals surface area contributed by atoms with E-state index in [-0.39, 0.29) is 0 Å². The Balaban J connectivity index is 2.13. The maximum absolute atomic E-state index is 5.23. The Morgan fingerprint density at radius 2 is 2.06 bits per heavy atom. The minimum absolute atomic E-state index is 0.789. The second-order valence-electron chi connectivity index (χ2n) is 4.97. The molecule has 1 aromatic heterocycles. The molecule has 0 saturated carbocycles. The summed E-state index contributed by atoms with van der Waals surface area (Å²) in [6.07, 6.45) is 4.70. The normalized spacial score (nSPS) is 11.3. The number of hydrogen-bond donors (Lipinski definition) is 0. The van der Waals surface area contributed by atoms with Crippen LogP contribution in [0.2, 0.25) is 0 Å². The Bertz CT molecular complexity index is 485. The summed E-state index contributed by atoms with van der Waals surface area (Å²) in [5.74, 6) is 1.72. The van der Waals surface area contributed by atoms with Crippen molar-refractivity contribution in [3.05, 3.63) is 30.5 Å². The van der Waals surface area contributed by atoms with E-state index in [1.54, 1.807) is 7.11 Å². The van der Waals surface area contributed by atoms with Gasteiger partial charge in [0.25, 0.3) is 0 Å². The second-order valence-corrected chi connectivity index (χ2v) is 4.97. The molecule has 2 rings (SSSR count). The van der Waals surface area contributed by atoms with Crippen molar-refractivity contribution in [3.8, 4) is 5.75 Å². The number of aromatic nitrogens is 1. The summed E-state index contributed by atoms with van der Waals surface area (Å²) in [6, 6.07) is 8.42. The molecule has 0 aliphatic carbocycles. The number of benzene rings is 1. The zero-order chi connectivity index (χ0) is 12.3. The van der Waals surface area contributed by atoms with E-state index < -0.39 is 0 Å². The zero-order valence-corrected chi connectivity index (χ0v) is 10.9. The fraction of sp³-hybridized carbons (Fsp3) is 0.467. The van der Waals surface area contributed by atoms with Crippen molar-refractivity contribution >= 4 is 10.9 Å². The zero-order valence-electron chi connectivity index (χ0n) is 10.9. The van der Waals surface area contributed by atoms with E-state index in [4.69, 9.17) is 4.74 Å². The molecule has 0 N–H and O–H groups in total. The number of hydrogen-bond acceptors (Lipinski definition) is 1. The van der Waals surface area contributed by atoms with Gasteiger partial charge in [-0.1, -0.05) is 13.8 Å². The molecule has 1 heterocycles. The summed E-state index contributed by atoms with van der Waals surface area (Å²) in [7, 11) is 1.71. The van der Waals surface area contributed by atoms with E-state index in [0.29, 0.717) is 0 Å². The molecule has 2 nitrogen and oxygen atoms in total. The first-order valence-corrected chi connectivity index (χ1v) is 6.33. The minimum Gasteiger partial charge on any atom is -0.497 e. The summed E-state index contributed by atoms with van der Waals surface area (Å²) in [5.41, 5.74) is 1.30. The van der Waals surface area contributed by atoms with Gasteiger partial charge >= 0.3 is 0 Å². The minimum atomic E-state index is 0.789. The van der Waals surface area contributed by atoms with Gasteiger partial charge in [0.05, 0.1) is 7.11 Å². The maximum atomic E-state index is 5.23. The van der Waals surface area contributed by atoms with Crippen LogP contribution in [0.3, 0.4) is 0 Å². The highest BCUT2D eigenvalue weighted by Gasteiger charge is 2.02. The topological polar surface area (TPSA) is 14.2 Å². The van der Waals surface area contributed by atoms with Crippen LogP contribution in [-0.2, 0) is 6.54 Å². The van der Waals surface area contributed by atoms with Crippen LogP contribution in [0, 0.1) is 5.92 Å². The molecule has 0 radical (unpaired) electrons. The lowest BCUT2D eigenvalue weighted by Crippen LogP contribution is -1.98. The van der Waals surface area contributed by atoms with Gasteiger partial charge in [-0.05, 0) is 43.0 Å². The van der Waals surface area contributed by atoms with Crippen molar-refractivity contribution in [2.24, 2.45) is 5.92 Å². The third-order valence-corrected chi connectivity index (χ3v) is 3.16. The number of aryl methyl sites for hydroxylation is 1. The Kier molecular flexibility index (Phi) is 3.72. The van der Waals surface area contributed by atoms with Crippen molar-refractivity contribution in [1.29, 1.82) is 0 Å². The van der Waals surface area contributed by atoms with E-state index in [9.17, 15) is 0 Å². The molecule has 0 amide bonds. The molecule has 0 aliphatic rings. The van der Waals surface area contributed by atoms with Gasteiger partial charge in [0.2, 0.25) is 0 Å². The molecule has 0 saturated heterocycles. The SMILES string of the molecule is COc1ccc2c(ccn2CCCC(C)C)c1. The molecule has 0 aliphatic heterocycles. The molecule has 2 heteroatoms. The Labute approximate surface area is 103 Å². The number of fused-ring (bicyclic) bond motifs is 1. The Morgan fingerprint density at radius 1 is 1.24 bits per heavy atom. The molecular formula is C15H21NO. The van der Waals surface area contributed by atoms with Crippen molar-refractivity contribution in [2.45, 2.75) is 33.2 Å². The van der Waals surface area contributed by atoms with E-state index in [2.05, 4.69) is 42.8 Å². The third kappa shape index (κ3) is 2.82. The highest BCUT2D eigenvalue weighted by atomic mass is 16.5. The first-order valence-electron chi connectivity index (χ1n) is 6.33. The molecule has 0 spiro atoms. The number of methoxy groups -OCH3 is 1. The summed E-state index contributed by atoms with van der Waals surface area (Å²) >= 11 is 0. The largest absolute Gasteiger partial charge is 0.497 e. The first kappa shape index (κ1) is 12.0. The summed E-state index contributed by atoms with van der Waals surface area (Å²) in [5, 5.41) is 1.26. The van der Waals surface area contributed by atoms with E-state index in [1.165, 1.54) is 23.7 Å². The third-order valence-electron chi connectivity index (χ3n) is 3.16. The standard InChI is InChI=1S/C15H21NO/c1-12(2)5-4-9-16-10-8-13-11-14(17-3)6-7-15(13)16/h6-8,10-12H,4-5,9H2,1-3H3. The predicted molar refractivity (Wildman–Crippen MR) is 72.6 cm³/mol. The van der Waals surface area contributed by atoms with Crippen LogP contribution in [0.1, 0.15) is 26.7 Å². The number of nitrogens with zero attached hydrogens (tertiary/aromatic N) is 1. The van der Waals surface area contributed by atoms with Crippen molar-refractivity contribution in [1.82, 2.24) is 4.57 Å². The average molecular weight is 231 g/mol. The molecule has 1 aromatic carbocycles. The fourth-order valence-electron chi connectivity index (χ4n) is 2.17. The van der Waals surface area contributed by atoms with Gasteiger partial charge in [0.1, 0.15) is 5.75 Å². The van der Waals surface area contributed by atoms with Crippen LogP contribution in [-0.4, -0.2) is 11.7 Å². The highest BCUT2D eigenvalue weighted by molar-refractivity contribution is 5.81. The van der Waals surface area contributed by atoms with E-state index in [1.807, 2.05) is 6.07 Å². The van der Waals surface area contributed by atoms with Gasteiger partial charge in [-0.15, -0.1) is 0 Å². The van der Waals surface area contributed by atoms with Gasteiger partial charge in [-0.2, -0.15) is 0 Å². The molecule has 92 valence electrons. The summed E-state index contributed by atoms with van der Waals surface area (Å²) < 4.78 is 7.57. The number of rotatable bonds is 5. The van der Waals surface area contributed by atoms with Gasteiger partial charge in [-0.3, -0.25) is 0 Å². The van der Waals surface area contributed by atoms with Gasteiger partial charge in [0.15, 0.2) is 0 Å². The summed E-state index contributed by atoms with van der Waals surface area (Å²) in [4.78, 5) is 0. The quantitative estimate of drug-likeness (QED) is 0.756. The van der Waals surface area contributed by atoms with Crippen molar-refractivity contribution in [2.75, 3.05) is 7.11 Å². The lowest BCUT2D eigenvalue weighted by Gasteiger charge is -2.07. The van der Waals surface area contributed by atoms with Crippen LogP contribution >= 0.6 is 0 Å². The predicted octanol–water partition coefficient (Wildman–Crippen LogP) is 4.09. The molecule has 0 bridgehead atoms. The van der Waals surface area contributed by atoms with Crippen molar-refractivity contribution < 1.29 is 4.74 Å². The molecule has 2 aromatic rings. The highest BCUT2D eigenvalue weighted by Crippen LogP contribution is 2.22. The molecule has 0 unspecified atom stereocenters. The Hall–Kier alpha value is -1.44. The van der Waals surface area contributed by atoms with Crippen LogP contribution in [0.25, 0.3) is 10.9 Å². The number of ether oxygens (including phenoxy) is 1. The summed E-state index contributed by atoms with van der Waals surface area (Å²) in [6.45, 7) is 5.66. The molecule has 17 heavy (non-hydrogen) atoms. The lowest BCUT2D eigenvalue weighted by atomic mass is 10.1. The first-order chi connectivity index (χ1) is 8.20.